The van der Waals surface area contributed by atoms with Gasteiger partial charge in [0, 0.05) is 28.2 Å². The minimum absolute atomic E-state index is 0.0468. The first-order valence-corrected chi connectivity index (χ1v) is 15.9. The van der Waals surface area contributed by atoms with Gasteiger partial charge in [-0.3, -0.25) is 13.9 Å². The molecule has 2 amide bonds. The number of nitrogens with one attached hydrogen (secondary N) is 1. The molecule has 0 bridgehead atoms. The van der Waals surface area contributed by atoms with Crippen molar-refractivity contribution >= 4 is 50.7 Å². The zero-order valence-corrected chi connectivity index (χ0v) is 25.0. The van der Waals surface area contributed by atoms with E-state index in [4.69, 9.17) is 27.9 Å². The molecule has 0 spiro atoms. The normalized spacial score (nSPS) is 14.9. The summed E-state index contributed by atoms with van der Waals surface area (Å²) in [5.74, 6) is -0.231. The van der Waals surface area contributed by atoms with Crippen molar-refractivity contribution in [1.29, 1.82) is 0 Å². The Hall–Kier alpha value is -2.49. The molecule has 1 aliphatic rings. The number of anilines is 1. The lowest BCUT2D eigenvalue weighted by molar-refractivity contribution is -0.140. The highest BCUT2D eigenvalue weighted by molar-refractivity contribution is 7.92. The van der Waals surface area contributed by atoms with Gasteiger partial charge in [0.05, 0.1) is 18.6 Å². The molecular weight excluding hydrogens is 561 g/mol. The van der Waals surface area contributed by atoms with Gasteiger partial charge in [-0.2, -0.15) is 0 Å². The van der Waals surface area contributed by atoms with Gasteiger partial charge >= 0.3 is 0 Å². The predicted molar refractivity (Wildman–Crippen MR) is 156 cm³/mol. The van der Waals surface area contributed by atoms with Crippen LogP contribution in [0.5, 0.6) is 5.75 Å². The molecule has 11 heteroatoms. The number of carbonyl (C=O) groups is 2. The van der Waals surface area contributed by atoms with Crippen LogP contribution in [0.1, 0.15) is 57.9 Å². The number of amides is 2. The van der Waals surface area contributed by atoms with Crippen LogP contribution in [0, 0.1) is 0 Å². The van der Waals surface area contributed by atoms with E-state index in [0.29, 0.717) is 40.1 Å². The van der Waals surface area contributed by atoms with Crippen LogP contribution in [0.25, 0.3) is 0 Å². The molecule has 2 aromatic carbocycles. The highest BCUT2D eigenvalue weighted by Gasteiger charge is 2.33. The summed E-state index contributed by atoms with van der Waals surface area (Å²) < 4.78 is 32.1. The summed E-state index contributed by atoms with van der Waals surface area (Å²) >= 11 is 12.9. The lowest BCUT2D eigenvalue weighted by Crippen LogP contribution is -2.54. The molecule has 8 nitrogen and oxygen atoms in total. The lowest BCUT2D eigenvalue weighted by Gasteiger charge is -2.34. The van der Waals surface area contributed by atoms with Crippen molar-refractivity contribution in [3.63, 3.8) is 0 Å². The second-order valence-corrected chi connectivity index (χ2v) is 12.4. The maximum atomic E-state index is 13.9. The summed E-state index contributed by atoms with van der Waals surface area (Å²) in [5.41, 5.74) is 0.801. The van der Waals surface area contributed by atoms with Crippen molar-refractivity contribution in [2.24, 2.45) is 0 Å². The van der Waals surface area contributed by atoms with Gasteiger partial charge < -0.3 is 15.0 Å². The van der Waals surface area contributed by atoms with E-state index in [1.165, 1.54) is 4.90 Å². The van der Waals surface area contributed by atoms with E-state index < -0.39 is 28.5 Å². The lowest BCUT2D eigenvalue weighted by atomic mass is 9.95. The van der Waals surface area contributed by atoms with Gasteiger partial charge in [0.1, 0.15) is 18.3 Å². The Bertz CT molecular complexity index is 1210. The van der Waals surface area contributed by atoms with E-state index in [2.05, 4.69) is 5.32 Å². The van der Waals surface area contributed by atoms with Gasteiger partial charge in [-0.05, 0) is 62.6 Å². The van der Waals surface area contributed by atoms with Crippen molar-refractivity contribution < 1.29 is 22.7 Å². The first-order chi connectivity index (χ1) is 18.5. The Morgan fingerprint density at radius 1 is 1.03 bits per heavy atom. The third-order valence-corrected chi connectivity index (χ3v) is 8.69. The number of ether oxygens (including phenoxy) is 1. The monoisotopic (exact) mass is 597 g/mol. The molecule has 2 aromatic rings. The van der Waals surface area contributed by atoms with Gasteiger partial charge in [-0.15, -0.1) is 0 Å². The van der Waals surface area contributed by atoms with Crippen molar-refractivity contribution in [3.8, 4) is 5.75 Å². The van der Waals surface area contributed by atoms with Crippen molar-refractivity contribution in [3.05, 3.63) is 58.1 Å². The maximum Gasteiger partial charge on any atom is 0.244 e. The van der Waals surface area contributed by atoms with E-state index in [9.17, 15) is 18.0 Å². The van der Waals surface area contributed by atoms with Crippen LogP contribution in [0.15, 0.2) is 42.5 Å². The van der Waals surface area contributed by atoms with Gasteiger partial charge in [-0.25, -0.2) is 8.42 Å². The molecule has 0 unspecified atom stereocenters. The number of hydrogen-bond acceptors (Lipinski definition) is 5. The zero-order valence-electron chi connectivity index (χ0n) is 22.7. The largest absolute Gasteiger partial charge is 0.494 e. The Kier molecular flexibility index (Phi) is 11.3. The quantitative estimate of drug-likeness (QED) is 0.352. The molecule has 1 N–H and O–H groups in total. The number of halogens is 2. The molecule has 1 aliphatic carbocycles. The number of rotatable bonds is 12. The first-order valence-electron chi connectivity index (χ1n) is 13.3. The van der Waals surface area contributed by atoms with Crippen LogP contribution in [-0.2, 0) is 26.2 Å². The summed E-state index contributed by atoms with van der Waals surface area (Å²) in [5, 5.41) is 3.82. The van der Waals surface area contributed by atoms with Gasteiger partial charge in [-0.1, -0.05) is 55.5 Å². The molecule has 0 saturated heterocycles. The van der Waals surface area contributed by atoms with Gasteiger partial charge in [0.2, 0.25) is 21.8 Å². The molecular formula is C28H37Cl2N3O5S. The fraction of sp³-hybridized carbons (Fsp3) is 0.500. The number of sulfonamides is 1. The van der Waals surface area contributed by atoms with Crippen molar-refractivity contribution in [2.75, 3.05) is 23.7 Å². The van der Waals surface area contributed by atoms with Crippen LogP contribution in [0.2, 0.25) is 10.0 Å². The van der Waals surface area contributed by atoms with Crippen molar-refractivity contribution in [1.82, 2.24) is 10.2 Å². The van der Waals surface area contributed by atoms with Crippen molar-refractivity contribution in [2.45, 2.75) is 71.0 Å². The Morgan fingerprint density at radius 3 is 2.18 bits per heavy atom. The summed E-state index contributed by atoms with van der Waals surface area (Å²) in [4.78, 5) is 28.8. The van der Waals surface area contributed by atoms with E-state index in [-0.39, 0.29) is 18.5 Å². The summed E-state index contributed by atoms with van der Waals surface area (Å²) in [6.45, 7) is 3.59. The molecule has 0 radical (unpaired) electrons. The highest BCUT2D eigenvalue weighted by Crippen LogP contribution is 2.28. The standard InChI is InChI=1S/C28H37Cl2N3O5S/c1-4-26(28(35)31-20-10-7-6-8-11-20)32(18-23-24(29)12-9-13-25(23)30)27(34)19-33(39(3,36)37)21-14-16-22(17-15-21)38-5-2/h9,12-17,20,26H,4-8,10-11,18-19H2,1-3H3,(H,31,35)/t26-/m1/s1. The van der Waals surface area contributed by atoms with Crippen LogP contribution >= 0.6 is 23.2 Å². The minimum Gasteiger partial charge on any atom is -0.494 e. The van der Waals surface area contributed by atoms with Crippen LogP contribution < -0.4 is 14.4 Å². The molecule has 0 aromatic heterocycles. The number of nitrogens with zero attached hydrogens (tertiary/aromatic N) is 2. The summed E-state index contributed by atoms with van der Waals surface area (Å²) in [6, 6.07) is 10.7. The van der Waals surface area contributed by atoms with Crippen LogP contribution in [0.4, 0.5) is 5.69 Å². The Morgan fingerprint density at radius 2 is 1.64 bits per heavy atom. The molecule has 39 heavy (non-hydrogen) atoms. The molecule has 0 heterocycles. The van der Waals surface area contributed by atoms with E-state index in [1.54, 1.807) is 42.5 Å². The van der Waals surface area contributed by atoms with Gasteiger partial charge in [0.15, 0.2) is 0 Å². The third-order valence-electron chi connectivity index (χ3n) is 6.84. The average Bonchev–Trinajstić information content (AvgIpc) is 2.89. The molecule has 1 fully saturated rings. The third kappa shape index (κ3) is 8.50. The second kappa shape index (κ2) is 14.2. The van der Waals surface area contributed by atoms with E-state index in [0.717, 1.165) is 42.7 Å². The summed E-state index contributed by atoms with van der Waals surface area (Å²) in [7, 11) is -3.84. The first kappa shape index (κ1) is 31.0. The van der Waals surface area contributed by atoms with Crippen LogP contribution in [0.3, 0.4) is 0 Å². The Balaban J connectivity index is 1.94. The molecule has 0 aliphatic heterocycles. The number of carbonyl (C=O) groups excluding carboxylic acids is 2. The maximum absolute atomic E-state index is 13.9. The fourth-order valence-corrected chi connectivity index (χ4v) is 6.17. The van der Waals surface area contributed by atoms with E-state index >= 15 is 0 Å². The predicted octanol–water partition coefficient (Wildman–Crippen LogP) is 5.41. The minimum atomic E-state index is -3.84. The highest BCUT2D eigenvalue weighted by atomic mass is 35.5. The topological polar surface area (TPSA) is 96.0 Å². The molecule has 1 atom stereocenters. The molecule has 3 rings (SSSR count). The average molecular weight is 599 g/mol. The van der Waals surface area contributed by atoms with E-state index in [1.807, 2.05) is 13.8 Å². The fourth-order valence-electron chi connectivity index (χ4n) is 4.81. The summed E-state index contributed by atoms with van der Waals surface area (Å²) in [6.07, 6.45) is 6.40. The number of hydrogen-bond donors (Lipinski definition) is 1. The molecule has 1 saturated carbocycles. The number of benzene rings is 2. The second-order valence-electron chi connectivity index (χ2n) is 9.69. The SMILES string of the molecule is CCOc1ccc(N(CC(=O)N(Cc2c(Cl)cccc2Cl)[C@H](CC)C(=O)NC2CCCCC2)S(C)(=O)=O)cc1. The van der Waals surface area contributed by atoms with Gasteiger partial charge in [0.25, 0.3) is 0 Å². The Labute approximate surface area is 241 Å². The molecule has 214 valence electrons. The van der Waals surface area contributed by atoms with Crippen LogP contribution in [-0.4, -0.2) is 56.6 Å². The smallest absolute Gasteiger partial charge is 0.244 e. The zero-order chi connectivity index (χ0) is 28.6.